The van der Waals surface area contributed by atoms with E-state index in [0.29, 0.717) is 32.7 Å². The third-order valence-electron chi connectivity index (χ3n) is 2.45. The van der Waals surface area contributed by atoms with Crippen molar-refractivity contribution in [3.05, 3.63) is 0 Å². The fourth-order valence-corrected chi connectivity index (χ4v) is 1.59. The molecule has 0 aromatic heterocycles. The van der Waals surface area contributed by atoms with E-state index in [4.69, 9.17) is 9.47 Å². The highest BCUT2D eigenvalue weighted by molar-refractivity contribution is 5.81. The topological polar surface area (TPSA) is 55.8 Å². The molecule has 1 saturated heterocycles. The summed E-state index contributed by atoms with van der Waals surface area (Å²) in [6.45, 7) is 5.09. The third kappa shape index (κ3) is 4.73. The van der Waals surface area contributed by atoms with Gasteiger partial charge in [-0.15, -0.1) is 0 Å². The maximum atomic E-state index is 11.4. The van der Waals surface area contributed by atoms with E-state index >= 15 is 0 Å². The number of hydrogen-bond acceptors (Lipinski definition) is 4. The lowest BCUT2D eigenvalue weighted by molar-refractivity contribution is -0.132. The van der Waals surface area contributed by atoms with Crippen LogP contribution < -0.4 is 0 Å². The molecule has 4 nitrogen and oxygen atoms in total. The van der Waals surface area contributed by atoms with E-state index < -0.39 is 6.10 Å². The lowest BCUT2D eigenvalue weighted by Gasteiger charge is -2.23. The van der Waals surface area contributed by atoms with Crippen LogP contribution in [0, 0.1) is 5.92 Å². The van der Waals surface area contributed by atoms with Crippen LogP contribution in [0.25, 0.3) is 0 Å². The predicted molar refractivity (Wildman–Crippen MR) is 55.6 cm³/mol. The van der Waals surface area contributed by atoms with Crippen LogP contribution >= 0.6 is 0 Å². The van der Waals surface area contributed by atoms with Gasteiger partial charge in [0.15, 0.2) is 0 Å². The lowest BCUT2D eigenvalue weighted by atomic mass is 9.94. The molecule has 0 aliphatic carbocycles. The molecule has 0 radical (unpaired) electrons. The molecule has 1 rings (SSSR count). The second-order valence-electron chi connectivity index (χ2n) is 4.26. The summed E-state index contributed by atoms with van der Waals surface area (Å²) in [4.78, 5) is 11.4. The van der Waals surface area contributed by atoms with Crippen LogP contribution in [0.15, 0.2) is 0 Å². The quantitative estimate of drug-likeness (QED) is 0.737. The van der Waals surface area contributed by atoms with E-state index in [1.54, 1.807) is 0 Å². The van der Waals surface area contributed by atoms with Crippen molar-refractivity contribution in [3.8, 4) is 0 Å². The first-order valence-electron chi connectivity index (χ1n) is 5.49. The molecular weight excluding hydrogens is 196 g/mol. The Morgan fingerprint density at radius 3 is 2.93 bits per heavy atom. The minimum atomic E-state index is -0.567. The zero-order chi connectivity index (χ0) is 11.3. The standard InChI is InChI=1S/C11H20O4/c1-8(2)15-7-10(12)5-9-6-14-4-3-11(9)13/h8-10,12H,3-7H2,1-2H3. The molecule has 0 spiro atoms. The summed E-state index contributed by atoms with van der Waals surface area (Å²) in [5.74, 6) is 0.0503. The van der Waals surface area contributed by atoms with Gasteiger partial charge < -0.3 is 14.6 Å². The average Bonchev–Trinajstić information content (AvgIpc) is 2.18. The predicted octanol–water partition coefficient (Wildman–Crippen LogP) is 0.768. The Labute approximate surface area is 90.6 Å². The SMILES string of the molecule is CC(C)OCC(O)CC1COCCC1=O. The van der Waals surface area contributed by atoms with Gasteiger partial charge in [0.1, 0.15) is 5.78 Å². The van der Waals surface area contributed by atoms with Gasteiger partial charge in [-0.25, -0.2) is 0 Å². The van der Waals surface area contributed by atoms with Crippen molar-refractivity contribution in [2.24, 2.45) is 5.92 Å². The summed E-state index contributed by atoms with van der Waals surface area (Å²) in [6, 6.07) is 0. The molecular formula is C11H20O4. The van der Waals surface area contributed by atoms with Gasteiger partial charge in [-0.1, -0.05) is 0 Å². The number of ether oxygens (including phenoxy) is 2. The second-order valence-corrected chi connectivity index (χ2v) is 4.26. The molecule has 4 heteroatoms. The number of carbonyl (C=O) groups is 1. The molecule has 0 amide bonds. The molecule has 1 heterocycles. The molecule has 0 saturated carbocycles. The van der Waals surface area contributed by atoms with Crippen LogP contribution in [0.3, 0.4) is 0 Å². The molecule has 1 aliphatic rings. The maximum Gasteiger partial charge on any atom is 0.140 e. The zero-order valence-corrected chi connectivity index (χ0v) is 9.44. The fourth-order valence-electron chi connectivity index (χ4n) is 1.59. The number of hydrogen-bond donors (Lipinski definition) is 1. The molecule has 0 aromatic rings. The third-order valence-corrected chi connectivity index (χ3v) is 2.45. The Hall–Kier alpha value is -0.450. The van der Waals surface area contributed by atoms with Crippen LogP contribution in [0.1, 0.15) is 26.7 Å². The Bertz CT molecular complexity index is 203. The summed E-state index contributed by atoms with van der Waals surface area (Å²) in [5, 5.41) is 9.64. The van der Waals surface area contributed by atoms with Crippen molar-refractivity contribution >= 4 is 5.78 Å². The summed E-state index contributed by atoms with van der Waals surface area (Å²) in [7, 11) is 0. The van der Waals surface area contributed by atoms with Gasteiger partial charge >= 0.3 is 0 Å². The normalized spacial score (nSPS) is 24.5. The largest absolute Gasteiger partial charge is 0.391 e. The van der Waals surface area contributed by atoms with E-state index in [0.717, 1.165) is 0 Å². The first-order chi connectivity index (χ1) is 7.09. The Balaban J connectivity index is 2.23. The molecule has 0 aromatic carbocycles. The highest BCUT2D eigenvalue weighted by atomic mass is 16.5. The lowest BCUT2D eigenvalue weighted by Crippen LogP contribution is -2.32. The summed E-state index contributed by atoms with van der Waals surface area (Å²) < 4.78 is 10.5. The van der Waals surface area contributed by atoms with E-state index in [-0.39, 0.29) is 17.8 Å². The van der Waals surface area contributed by atoms with E-state index in [1.165, 1.54) is 0 Å². The van der Waals surface area contributed by atoms with Gasteiger partial charge in [0.25, 0.3) is 0 Å². The average molecular weight is 216 g/mol. The number of carbonyl (C=O) groups excluding carboxylic acids is 1. The molecule has 15 heavy (non-hydrogen) atoms. The number of aliphatic hydroxyl groups excluding tert-OH is 1. The monoisotopic (exact) mass is 216 g/mol. The smallest absolute Gasteiger partial charge is 0.140 e. The van der Waals surface area contributed by atoms with Crippen LogP contribution in [0.5, 0.6) is 0 Å². The maximum absolute atomic E-state index is 11.4. The minimum absolute atomic E-state index is 0.109. The van der Waals surface area contributed by atoms with Crippen LogP contribution in [0.2, 0.25) is 0 Å². The molecule has 2 atom stereocenters. The van der Waals surface area contributed by atoms with E-state index in [1.807, 2.05) is 13.8 Å². The zero-order valence-electron chi connectivity index (χ0n) is 9.44. The Kier molecular flexibility index (Phi) is 5.22. The molecule has 1 fully saturated rings. The molecule has 2 unspecified atom stereocenters. The van der Waals surface area contributed by atoms with Gasteiger partial charge in [0.05, 0.1) is 32.0 Å². The van der Waals surface area contributed by atoms with Gasteiger partial charge in [-0.05, 0) is 20.3 Å². The molecule has 0 bridgehead atoms. The number of aliphatic hydroxyl groups is 1. The van der Waals surface area contributed by atoms with Crippen LogP contribution in [0.4, 0.5) is 0 Å². The van der Waals surface area contributed by atoms with E-state index in [9.17, 15) is 9.90 Å². The van der Waals surface area contributed by atoms with Crippen molar-refractivity contribution in [1.29, 1.82) is 0 Å². The van der Waals surface area contributed by atoms with Gasteiger partial charge in [0.2, 0.25) is 0 Å². The first-order valence-corrected chi connectivity index (χ1v) is 5.49. The number of rotatable bonds is 5. The highest BCUT2D eigenvalue weighted by Crippen LogP contribution is 2.16. The van der Waals surface area contributed by atoms with Crippen LogP contribution in [-0.2, 0) is 14.3 Å². The molecule has 1 aliphatic heterocycles. The minimum Gasteiger partial charge on any atom is -0.391 e. The second kappa shape index (κ2) is 6.20. The fraction of sp³-hybridized carbons (Fsp3) is 0.909. The Morgan fingerprint density at radius 1 is 1.60 bits per heavy atom. The van der Waals surface area contributed by atoms with Crippen LogP contribution in [-0.4, -0.2) is 42.9 Å². The van der Waals surface area contributed by atoms with Crippen molar-refractivity contribution in [2.45, 2.75) is 38.9 Å². The van der Waals surface area contributed by atoms with Crippen molar-refractivity contribution in [1.82, 2.24) is 0 Å². The van der Waals surface area contributed by atoms with Crippen molar-refractivity contribution in [2.75, 3.05) is 19.8 Å². The summed E-state index contributed by atoms with van der Waals surface area (Å²) in [6.07, 6.45) is 0.467. The van der Waals surface area contributed by atoms with Gasteiger partial charge in [0, 0.05) is 12.3 Å². The number of ketones is 1. The van der Waals surface area contributed by atoms with Crippen molar-refractivity contribution < 1.29 is 19.4 Å². The summed E-state index contributed by atoms with van der Waals surface area (Å²) >= 11 is 0. The first kappa shape index (κ1) is 12.6. The molecule has 88 valence electrons. The highest BCUT2D eigenvalue weighted by Gasteiger charge is 2.25. The van der Waals surface area contributed by atoms with E-state index in [2.05, 4.69) is 0 Å². The van der Waals surface area contributed by atoms with Gasteiger partial charge in [-0.2, -0.15) is 0 Å². The Morgan fingerprint density at radius 2 is 2.33 bits per heavy atom. The molecule has 1 N–H and O–H groups in total. The number of Topliss-reactive ketones (excluding diaryl/α,β-unsaturated/α-hetero) is 1. The van der Waals surface area contributed by atoms with Gasteiger partial charge in [-0.3, -0.25) is 4.79 Å². The van der Waals surface area contributed by atoms with Crippen molar-refractivity contribution in [3.63, 3.8) is 0 Å². The summed E-state index contributed by atoms with van der Waals surface area (Å²) in [5.41, 5.74) is 0.